The highest BCUT2D eigenvalue weighted by Gasteiger charge is 2.24. The molecule has 0 saturated heterocycles. The van der Waals surface area contributed by atoms with E-state index in [-0.39, 0.29) is 23.1 Å². The van der Waals surface area contributed by atoms with Crippen molar-refractivity contribution in [1.29, 1.82) is 0 Å². The molecule has 0 aliphatic heterocycles. The molecule has 0 N–H and O–H groups in total. The SMILES string of the molecule is COc1ccc(C(=O)C(C)OC(=O)c2nn(C(C)C)c(=O)c3ccccc23)cc1. The van der Waals surface area contributed by atoms with Crippen LogP contribution in [0.15, 0.2) is 53.3 Å². The zero-order chi connectivity index (χ0) is 21.1. The first-order chi connectivity index (χ1) is 13.8. The molecule has 29 heavy (non-hydrogen) atoms. The van der Waals surface area contributed by atoms with Gasteiger partial charge in [-0.1, -0.05) is 18.2 Å². The zero-order valence-electron chi connectivity index (χ0n) is 16.7. The number of methoxy groups -OCH3 is 1. The average molecular weight is 394 g/mol. The maximum atomic E-state index is 12.8. The van der Waals surface area contributed by atoms with Crippen LogP contribution in [-0.4, -0.2) is 34.7 Å². The summed E-state index contributed by atoms with van der Waals surface area (Å²) in [5.74, 6) is -0.481. The fourth-order valence-electron chi connectivity index (χ4n) is 2.97. The quantitative estimate of drug-likeness (QED) is 0.470. The maximum Gasteiger partial charge on any atom is 0.360 e. The van der Waals surface area contributed by atoms with Gasteiger partial charge in [0.25, 0.3) is 5.56 Å². The Morgan fingerprint density at radius 1 is 0.966 bits per heavy atom. The summed E-state index contributed by atoms with van der Waals surface area (Å²) in [6, 6.07) is 13.0. The number of ether oxygens (including phenoxy) is 2. The van der Waals surface area contributed by atoms with Crippen molar-refractivity contribution in [3.8, 4) is 5.75 Å². The summed E-state index contributed by atoms with van der Waals surface area (Å²) in [6.07, 6.45) is -1.02. The molecule has 0 radical (unpaired) electrons. The normalized spacial score (nSPS) is 12.0. The zero-order valence-corrected chi connectivity index (χ0v) is 16.7. The minimum absolute atomic E-state index is 0.00304. The third-order valence-corrected chi connectivity index (χ3v) is 4.54. The van der Waals surface area contributed by atoms with Gasteiger partial charge in [0.05, 0.1) is 18.5 Å². The number of fused-ring (bicyclic) bond motifs is 1. The maximum absolute atomic E-state index is 12.8. The number of nitrogens with zero attached hydrogens (tertiary/aromatic N) is 2. The van der Waals surface area contributed by atoms with E-state index in [0.29, 0.717) is 22.1 Å². The van der Waals surface area contributed by atoms with Crippen molar-refractivity contribution >= 4 is 22.5 Å². The number of hydrogen-bond donors (Lipinski definition) is 0. The summed E-state index contributed by atoms with van der Waals surface area (Å²) in [7, 11) is 1.54. The van der Waals surface area contributed by atoms with E-state index < -0.39 is 12.1 Å². The number of ketones is 1. The number of aromatic nitrogens is 2. The van der Waals surface area contributed by atoms with Gasteiger partial charge in [-0.3, -0.25) is 9.59 Å². The third kappa shape index (κ3) is 4.03. The molecule has 1 aromatic heterocycles. The number of rotatable bonds is 6. The fraction of sp³-hybridized carbons (Fsp3) is 0.273. The van der Waals surface area contributed by atoms with E-state index in [2.05, 4.69) is 5.10 Å². The van der Waals surface area contributed by atoms with Gasteiger partial charge in [0.2, 0.25) is 5.78 Å². The lowest BCUT2D eigenvalue weighted by Crippen LogP contribution is -2.30. The first-order valence-corrected chi connectivity index (χ1v) is 9.24. The minimum atomic E-state index is -1.02. The highest BCUT2D eigenvalue weighted by Crippen LogP contribution is 2.18. The number of esters is 1. The van der Waals surface area contributed by atoms with Crippen LogP contribution in [0.25, 0.3) is 10.8 Å². The van der Waals surface area contributed by atoms with Crippen LogP contribution in [0.5, 0.6) is 5.75 Å². The molecule has 1 atom stereocenters. The van der Waals surface area contributed by atoms with Crippen LogP contribution in [0.2, 0.25) is 0 Å². The van der Waals surface area contributed by atoms with Crippen LogP contribution in [0.3, 0.4) is 0 Å². The summed E-state index contributed by atoms with van der Waals surface area (Å²) in [6.45, 7) is 5.10. The Hall–Kier alpha value is -3.48. The Labute approximate surface area is 167 Å². The van der Waals surface area contributed by atoms with Gasteiger partial charge in [0, 0.05) is 10.9 Å². The van der Waals surface area contributed by atoms with Crippen molar-refractivity contribution in [1.82, 2.24) is 9.78 Å². The van der Waals surface area contributed by atoms with Crippen LogP contribution in [0, 0.1) is 0 Å². The van der Waals surface area contributed by atoms with E-state index in [0.717, 1.165) is 0 Å². The van der Waals surface area contributed by atoms with Crippen LogP contribution in [0.4, 0.5) is 0 Å². The molecule has 0 amide bonds. The lowest BCUT2D eigenvalue weighted by molar-refractivity contribution is 0.0312. The molecule has 0 spiro atoms. The van der Waals surface area contributed by atoms with E-state index in [1.165, 1.54) is 18.7 Å². The lowest BCUT2D eigenvalue weighted by Gasteiger charge is -2.15. The standard InChI is InChI=1S/C22H22N2O5/c1-13(2)24-21(26)18-8-6-5-7-17(18)19(23-24)22(27)29-14(3)20(25)15-9-11-16(28-4)12-10-15/h5-14H,1-4H3. The molecule has 0 aliphatic carbocycles. The monoisotopic (exact) mass is 394 g/mol. The van der Waals surface area contributed by atoms with Crippen molar-refractivity contribution in [2.24, 2.45) is 0 Å². The van der Waals surface area contributed by atoms with Crippen molar-refractivity contribution in [2.75, 3.05) is 7.11 Å². The molecule has 0 saturated carbocycles. The topological polar surface area (TPSA) is 87.5 Å². The smallest absolute Gasteiger partial charge is 0.360 e. The number of Topliss-reactive ketones (excluding diaryl/α,β-unsaturated/α-hetero) is 1. The third-order valence-electron chi connectivity index (χ3n) is 4.54. The van der Waals surface area contributed by atoms with Gasteiger partial charge in [0.1, 0.15) is 5.75 Å². The second kappa shape index (κ2) is 8.26. The van der Waals surface area contributed by atoms with Crippen LogP contribution in [0.1, 0.15) is 47.7 Å². The van der Waals surface area contributed by atoms with E-state index in [1.54, 1.807) is 62.4 Å². The van der Waals surface area contributed by atoms with Crippen LogP contribution < -0.4 is 10.3 Å². The molecule has 0 fully saturated rings. The Balaban J connectivity index is 1.92. The molecule has 7 heteroatoms. The molecule has 0 bridgehead atoms. The van der Waals surface area contributed by atoms with Gasteiger partial charge in [-0.2, -0.15) is 5.10 Å². The van der Waals surface area contributed by atoms with Gasteiger partial charge in [0.15, 0.2) is 11.8 Å². The summed E-state index contributed by atoms with van der Waals surface area (Å²) < 4.78 is 11.7. The van der Waals surface area contributed by atoms with E-state index >= 15 is 0 Å². The minimum Gasteiger partial charge on any atom is -0.497 e. The molecule has 3 rings (SSSR count). The number of carbonyl (C=O) groups is 2. The molecule has 150 valence electrons. The van der Waals surface area contributed by atoms with Gasteiger partial charge in [-0.05, 0) is 51.1 Å². The number of benzene rings is 2. The summed E-state index contributed by atoms with van der Waals surface area (Å²) in [4.78, 5) is 38.0. The first-order valence-electron chi connectivity index (χ1n) is 9.24. The molecule has 1 unspecified atom stereocenters. The van der Waals surface area contributed by atoms with Gasteiger partial charge >= 0.3 is 5.97 Å². The fourth-order valence-corrected chi connectivity index (χ4v) is 2.97. The first kappa shape index (κ1) is 20.3. The summed E-state index contributed by atoms with van der Waals surface area (Å²) in [5.41, 5.74) is 0.119. The molecule has 0 aliphatic rings. The van der Waals surface area contributed by atoms with E-state index in [4.69, 9.17) is 9.47 Å². The Kier molecular flexibility index (Phi) is 5.77. The highest BCUT2D eigenvalue weighted by atomic mass is 16.5. The van der Waals surface area contributed by atoms with Gasteiger partial charge in [-0.25, -0.2) is 9.48 Å². The van der Waals surface area contributed by atoms with Crippen molar-refractivity contribution in [2.45, 2.75) is 32.9 Å². The van der Waals surface area contributed by atoms with Crippen molar-refractivity contribution < 1.29 is 19.1 Å². The average Bonchev–Trinajstić information content (AvgIpc) is 2.73. The number of carbonyl (C=O) groups excluding carboxylic acids is 2. The lowest BCUT2D eigenvalue weighted by atomic mass is 10.1. The Morgan fingerprint density at radius 3 is 2.17 bits per heavy atom. The number of hydrogen-bond acceptors (Lipinski definition) is 6. The molecule has 1 heterocycles. The molecule has 3 aromatic rings. The molecular formula is C22H22N2O5. The van der Waals surface area contributed by atoms with Crippen molar-refractivity contribution in [3.05, 3.63) is 70.1 Å². The van der Waals surface area contributed by atoms with E-state index in [1.807, 2.05) is 0 Å². The van der Waals surface area contributed by atoms with Crippen molar-refractivity contribution in [3.63, 3.8) is 0 Å². The Morgan fingerprint density at radius 2 is 1.59 bits per heavy atom. The van der Waals surface area contributed by atoms with Crippen LogP contribution in [-0.2, 0) is 4.74 Å². The second-order valence-corrected chi connectivity index (χ2v) is 6.88. The summed E-state index contributed by atoms with van der Waals surface area (Å²) in [5, 5.41) is 4.97. The molecule has 7 nitrogen and oxygen atoms in total. The predicted molar refractivity (Wildman–Crippen MR) is 109 cm³/mol. The van der Waals surface area contributed by atoms with Gasteiger partial charge < -0.3 is 9.47 Å². The summed E-state index contributed by atoms with van der Waals surface area (Å²) >= 11 is 0. The van der Waals surface area contributed by atoms with Crippen LogP contribution >= 0.6 is 0 Å². The predicted octanol–water partition coefficient (Wildman–Crippen LogP) is 3.41. The molecule has 2 aromatic carbocycles. The Bertz CT molecular complexity index is 1120. The van der Waals surface area contributed by atoms with Gasteiger partial charge in [-0.15, -0.1) is 0 Å². The largest absolute Gasteiger partial charge is 0.497 e. The highest BCUT2D eigenvalue weighted by molar-refractivity contribution is 6.05. The van der Waals surface area contributed by atoms with E-state index in [9.17, 15) is 14.4 Å². The molecular weight excluding hydrogens is 372 g/mol. The second-order valence-electron chi connectivity index (χ2n) is 6.88.